The molecule has 0 amide bonds. The normalized spacial score (nSPS) is 32.5. The van der Waals surface area contributed by atoms with Crippen molar-refractivity contribution < 1.29 is 18.1 Å². The van der Waals surface area contributed by atoms with Crippen LogP contribution in [0.3, 0.4) is 0 Å². The molecule has 19 heavy (non-hydrogen) atoms. The highest BCUT2D eigenvalue weighted by Crippen LogP contribution is 2.69. The van der Waals surface area contributed by atoms with E-state index in [1.54, 1.807) is 0 Å². The third-order valence-corrected chi connectivity index (χ3v) is 4.86. The maximum Gasteiger partial charge on any atom is 0.588 e. The Hall–Kier alpha value is -1.97. The summed E-state index contributed by atoms with van der Waals surface area (Å²) < 4.78 is 27.8. The summed E-state index contributed by atoms with van der Waals surface area (Å²) >= 11 is 0. The minimum Gasteiger partial charge on any atom is -0.392 e. The van der Waals surface area contributed by atoms with E-state index < -0.39 is 13.9 Å². The second-order valence-corrected chi connectivity index (χ2v) is 6.18. The number of benzene rings is 1. The quantitative estimate of drug-likeness (QED) is 0.736. The number of rotatable bonds is 0. The molecular formula is C13H8NO4P. The summed E-state index contributed by atoms with van der Waals surface area (Å²) in [6, 6.07) is 7.97. The highest BCUT2D eigenvalue weighted by atomic mass is 31.2. The van der Waals surface area contributed by atoms with Crippen LogP contribution in [-0.4, -0.2) is 6.10 Å². The maximum absolute atomic E-state index is 12.0. The molecule has 1 aromatic rings. The van der Waals surface area contributed by atoms with Crippen molar-refractivity contribution >= 4 is 19.6 Å². The van der Waals surface area contributed by atoms with Crippen LogP contribution in [0.25, 0.3) is 6.08 Å². The molecule has 1 aliphatic carbocycles. The van der Waals surface area contributed by atoms with Gasteiger partial charge in [0.2, 0.25) is 0 Å². The lowest BCUT2D eigenvalue weighted by atomic mass is 9.92. The van der Waals surface area contributed by atoms with E-state index in [1.807, 2.05) is 36.4 Å². The van der Waals surface area contributed by atoms with Crippen LogP contribution in [0.15, 0.2) is 53.1 Å². The van der Waals surface area contributed by atoms with Crippen LogP contribution >= 0.6 is 7.82 Å². The molecule has 0 aromatic heterocycles. The Morgan fingerprint density at radius 1 is 1.16 bits per heavy atom. The van der Waals surface area contributed by atoms with E-state index in [0.717, 1.165) is 22.5 Å². The van der Waals surface area contributed by atoms with E-state index in [1.165, 1.54) is 0 Å². The molecule has 2 atom stereocenters. The molecule has 1 fully saturated rings. The van der Waals surface area contributed by atoms with Gasteiger partial charge in [-0.05, 0) is 17.7 Å². The first-order chi connectivity index (χ1) is 9.22. The summed E-state index contributed by atoms with van der Waals surface area (Å²) in [7, 11) is -3.39. The molecule has 1 N–H and O–H groups in total. The SMILES string of the molecule is O=P12OC3=C(O1)C(O2)C1=Cc2ccccc2NC1=C3. The van der Waals surface area contributed by atoms with Gasteiger partial charge in [-0.1, -0.05) is 18.2 Å². The van der Waals surface area contributed by atoms with Gasteiger partial charge in [0.05, 0.1) is 0 Å². The highest BCUT2D eigenvalue weighted by molar-refractivity contribution is 7.49. The zero-order chi connectivity index (χ0) is 12.6. The fraction of sp³-hybridized carbons (Fsp3) is 0.0769. The minimum atomic E-state index is -3.39. The van der Waals surface area contributed by atoms with E-state index in [2.05, 4.69) is 5.32 Å². The van der Waals surface area contributed by atoms with Crippen LogP contribution in [0.2, 0.25) is 0 Å². The lowest BCUT2D eigenvalue weighted by Gasteiger charge is -2.29. The Balaban J connectivity index is 1.73. The maximum atomic E-state index is 12.0. The van der Waals surface area contributed by atoms with Crippen molar-refractivity contribution in [3.05, 3.63) is 58.7 Å². The van der Waals surface area contributed by atoms with Gasteiger partial charge in [-0.3, -0.25) is 4.52 Å². The molecule has 0 saturated carbocycles. The number of allylic oxidation sites excluding steroid dienone is 1. The standard InChI is InChI=1S/C13H8NO4P/c15-19-16-11-6-10-8(12(17-19)13(11)18-19)5-7-3-1-2-4-9(7)14-10/h1-6,12,14H. The molecule has 0 radical (unpaired) electrons. The largest absolute Gasteiger partial charge is 0.588 e. The minimum absolute atomic E-state index is 0.421. The number of phosphoric acid groups is 1. The molecule has 6 heteroatoms. The molecule has 4 aliphatic rings. The molecule has 3 aliphatic heterocycles. The van der Waals surface area contributed by atoms with Gasteiger partial charge in [0.1, 0.15) is 0 Å². The molecule has 2 unspecified atom stereocenters. The average molecular weight is 273 g/mol. The molecule has 3 heterocycles. The number of nitrogens with one attached hydrogen (secondary N) is 1. The number of phosphoric ester groups is 1. The fourth-order valence-electron chi connectivity index (χ4n) is 2.71. The number of hydrogen-bond acceptors (Lipinski definition) is 5. The summed E-state index contributed by atoms with van der Waals surface area (Å²) in [5, 5.41) is 3.33. The molecule has 2 bridgehead atoms. The van der Waals surface area contributed by atoms with Gasteiger partial charge in [0.15, 0.2) is 17.6 Å². The monoisotopic (exact) mass is 273 g/mol. The number of fused-ring (bicyclic) bond motifs is 4. The fourth-order valence-corrected chi connectivity index (χ4v) is 4.11. The summed E-state index contributed by atoms with van der Waals surface area (Å²) in [6.45, 7) is 0. The molecule has 0 spiro atoms. The van der Waals surface area contributed by atoms with Gasteiger partial charge < -0.3 is 14.4 Å². The number of para-hydroxylation sites is 1. The number of anilines is 1. The summed E-state index contributed by atoms with van der Waals surface area (Å²) in [6.07, 6.45) is 3.43. The first-order valence-electron chi connectivity index (χ1n) is 5.93. The Morgan fingerprint density at radius 3 is 2.95 bits per heavy atom. The van der Waals surface area contributed by atoms with Crippen LogP contribution in [0, 0.1) is 0 Å². The van der Waals surface area contributed by atoms with E-state index in [9.17, 15) is 4.57 Å². The molecule has 5 rings (SSSR count). The molecule has 1 aromatic carbocycles. The van der Waals surface area contributed by atoms with Crippen LogP contribution < -0.4 is 5.32 Å². The van der Waals surface area contributed by atoms with Gasteiger partial charge in [-0.2, -0.15) is 0 Å². The van der Waals surface area contributed by atoms with Crippen LogP contribution in [0.4, 0.5) is 5.69 Å². The van der Waals surface area contributed by atoms with Crippen molar-refractivity contribution in [3.63, 3.8) is 0 Å². The van der Waals surface area contributed by atoms with Crippen molar-refractivity contribution in [2.75, 3.05) is 5.32 Å². The van der Waals surface area contributed by atoms with Gasteiger partial charge in [-0.15, -0.1) is 0 Å². The lowest BCUT2D eigenvalue weighted by Crippen LogP contribution is -2.25. The summed E-state index contributed by atoms with van der Waals surface area (Å²) in [5.41, 5.74) is 3.94. The van der Waals surface area contributed by atoms with Crippen LogP contribution in [0.5, 0.6) is 0 Å². The zero-order valence-electron chi connectivity index (χ0n) is 9.62. The van der Waals surface area contributed by atoms with Crippen molar-refractivity contribution in [3.8, 4) is 0 Å². The third-order valence-electron chi connectivity index (χ3n) is 3.55. The highest BCUT2D eigenvalue weighted by Gasteiger charge is 2.56. The van der Waals surface area contributed by atoms with Crippen LogP contribution in [-0.2, 0) is 18.1 Å². The second kappa shape index (κ2) is 2.95. The first-order valence-corrected chi connectivity index (χ1v) is 7.39. The second-order valence-electron chi connectivity index (χ2n) is 4.71. The van der Waals surface area contributed by atoms with Crippen molar-refractivity contribution in [2.24, 2.45) is 0 Å². The van der Waals surface area contributed by atoms with E-state index in [4.69, 9.17) is 13.6 Å². The smallest absolute Gasteiger partial charge is 0.392 e. The molecular weight excluding hydrogens is 265 g/mol. The predicted molar refractivity (Wildman–Crippen MR) is 67.8 cm³/mol. The topological polar surface area (TPSA) is 56.8 Å². The summed E-state index contributed by atoms with van der Waals surface area (Å²) in [4.78, 5) is 0. The molecule has 5 nitrogen and oxygen atoms in total. The molecule has 94 valence electrons. The van der Waals surface area contributed by atoms with Gasteiger partial charge >= 0.3 is 7.82 Å². The average Bonchev–Trinajstić information content (AvgIpc) is 2.90. The first kappa shape index (κ1) is 9.89. The van der Waals surface area contributed by atoms with E-state index in [-0.39, 0.29) is 0 Å². The van der Waals surface area contributed by atoms with E-state index >= 15 is 0 Å². The summed E-state index contributed by atoms with van der Waals surface area (Å²) in [5.74, 6) is 1.04. The molecule has 1 saturated heterocycles. The Labute approximate surface area is 108 Å². The van der Waals surface area contributed by atoms with E-state index in [0.29, 0.717) is 11.5 Å². The van der Waals surface area contributed by atoms with Gasteiger partial charge in [0, 0.05) is 23.0 Å². The number of hydrogen-bond donors (Lipinski definition) is 1. The van der Waals surface area contributed by atoms with Crippen LogP contribution in [0.1, 0.15) is 5.56 Å². The third kappa shape index (κ3) is 1.17. The van der Waals surface area contributed by atoms with Gasteiger partial charge in [0.25, 0.3) is 0 Å². The van der Waals surface area contributed by atoms with Gasteiger partial charge in [-0.25, -0.2) is 4.57 Å². The van der Waals surface area contributed by atoms with Crippen molar-refractivity contribution in [1.82, 2.24) is 0 Å². The Bertz CT molecular complexity index is 777. The Kier molecular flexibility index (Phi) is 1.54. The van der Waals surface area contributed by atoms with Crippen molar-refractivity contribution in [1.29, 1.82) is 0 Å². The van der Waals surface area contributed by atoms with Crippen molar-refractivity contribution in [2.45, 2.75) is 6.10 Å². The Morgan fingerprint density at radius 2 is 2.05 bits per heavy atom. The zero-order valence-corrected chi connectivity index (χ0v) is 10.5. The lowest BCUT2D eigenvalue weighted by molar-refractivity contribution is 0.211. The predicted octanol–water partition coefficient (Wildman–Crippen LogP) is 3.16.